The molecular weight excluding hydrogens is 240 g/mol. The van der Waals surface area contributed by atoms with E-state index in [0.717, 1.165) is 0 Å². The smallest absolute Gasteiger partial charge is 0.449 e. The number of benzene rings is 1. The van der Waals surface area contributed by atoms with Crippen molar-refractivity contribution >= 4 is 5.78 Å². The van der Waals surface area contributed by atoms with Crippen LogP contribution in [0.3, 0.4) is 0 Å². The lowest BCUT2D eigenvalue weighted by molar-refractivity contribution is -0.171. The minimum Gasteiger partial charge on any atom is -0.508 e. The molecule has 0 fully saturated rings. The SMILES string of the molecule is CF.O=C(CCc1ccc(O)cc1)C(F)(F)F. The van der Waals surface area contributed by atoms with Crippen LogP contribution in [0.15, 0.2) is 24.3 Å². The first kappa shape index (κ1) is 15.4. The van der Waals surface area contributed by atoms with Gasteiger partial charge in [-0.3, -0.25) is 9.18 Å². The highest BCUT2D eigenvalue weighted by Crippen LogP contribution is 2.19. The largest absolute Gasteiger partial charge is 0.508 e. The number of ketones is 1. The summed E-state index contributed by atoms with van der Waals surface area (Å²) in [6, 6.07) is 5.71. The molecule has 1 aromatic rings. The van der Waals surface area contributed by atoms with Crippen LogP contribution in [0.25, 0.3) is 0 Å². The van der Waals surface area contributed by atoms with Gasteiger partial charge < -0.3 is 5.11 Å². The van der Waals surface area contributed by atoms with Crippen LogP contribution in [0, 0.1) is 0 Å². The number of phenols is 1. The topological polar surface area (TPSA) is 37.3 Å². The van der Waals surface area contributed by atoms with Crippen LogP contribution in [-0.4, -0.2) is 24.2 Å². The van der Waals surface area contributed by atoms with Gasteiger partial charge in [0.25, 0.3) is 0 Å². The van der Waals surface area contributed by atoms with Gasteiger partial charge in [0, 0.05) is 6.42 Å². The fourth-order valence-corrected chi connectivity index (χ4v) is 1.06. The lowest BCUT2D eigenvalue weighted by Crippen LogP contribution is -2.22. The summed E-state index contributed by atoms with van der Waals surface area (Å²) in [6.45, 7) is 0. The molecule has 0 heterocycles. The molecule has 17 heavy (non-hydrogen) atoms. The van der Waals surface area contributed by atoms with Gasteiger partial charge in [0.15, 0.2) is 0 Å². The number of halogens is 4. The van der Waals surface area contributed by atoms with Crippen LogP contribution in [0.5, 0.6) is 5.75 Å². The number of Topliss-reactive ketones (excluding diaryl/α,β-unsaturated/α-hetero) is 1. The van der Waals surface area contributed by atoms with E-state index in [2.05, 4.69) is 0 Å². The molecular formula is C11H12F4O2. The third-order valence-corrected chi connectivity index (χ3v) is 1.89. The molecule has 0 aliphatic rings. The van der Waals surface area contributed by atoms with Crippen molar-refractivity contribution in [3.63, 3.8) is 0 Å². The molecule has 96 valence electrons. The first-order valence-electron chi connectivity index (χ1n) is 4.65. The molecule has 0 amide bonds. The van der Waals surface area contributed by atoms with Crippen molar-refractivity contribution < 1.29 is 27.5 Å². The average Bonchev–Trinajstić information content (AvgIpc) is 2.29. The van der Waals surface area contributed by atoms with Gasteiger partial charge in [0.2, 0.25) is 5.78 Å². The predicted molar refractivity (Wildman–Crippen MR) is 54.5 cm³/mol. The van der Waals surface area contributed by atoms with Crippen LogP contribution >= 0.6 is 0 Å². The van der Waals surface area contributed by atoms with Crippen LogP contribution in [0.4, 0.5) is 17.6 Å². The second-order valence-corrected chi connectivity index (χ2v) is 3.09. The molecule has 0 aromatic heterocycles. The molecule has 0 spiro atoms. The van der Waals surface area contributed by atoms with Crippen molar-refractivity contribution in [2.45, 2.75) is 19.0 Å². The Balaban J connectivity index is 0.00000121. The number of carbonyl (C=O) groups excluding carboxylic acids is 1. The summed E-state index contributed by atoms with van der Waals surface area (Å²) in [5, 5.41) is 8.92. The summed E-state index contributed by atoms with van der Waals surface area (Å²) in [5.74, 6) is -1.68. The summed E-state index contributed by atoms with van der Waals surface area (Å²) < 4.78 is 45.0. The molecule has 6 heteroatoms. The van der Waals surface area contributed by atoms with Crippen LogP contribution in [-0.2, 0) is 11.2 Å². The lowest BCUT2D eigenvalue weighted by Gasteiger charge is -2.04. The Kier molecular flexibility index (Phi) is 6.23. The Morgan fingerprint density at radius 1 is 1.18 bits per heavy atom. The lowest BCUT2D eigenvalue weighted by atomic mass is 10.1. The Labute approximate surface area is 95.9 Å². The van der Waals surface area contributed by atoms with E-state index in [9.17, 15) is 22.4 Å². The average molecular weight is 252 g/mol. The molecule has 1 aromatic carbocycles. The molecule has 1 rings (SSSR count). The maximum atomic E-state index is 11.8. The van der Waals surface area contributed by atoms with Crippen LogP contribution in [0.2, 0.25) is 0 Å². The zero-order valence-corrected chi connectivity index (χ0v) is 9.09. The first-order chi connectivity index (χ1) is 7.89. The minimum atomic E-state index is -4.75. The maximum absolute atomic E-state index is 11.8. The third kappa shape index (κ3) is 5.89. The van der Waals surface area contributed by atoms with Crippen molar-refractivity contribution in [2.75, 3.05) is 7.18 Å². The number of hydrogen-bond acceptors (Lipinski definition) is 2. The number of aromatic hydroxyl groups is 1. The summed E-state index contributed by atoms with van der Waals surface area (Å²) in [6.07, 6.45) is -5.29. The van der Waals surface area contributed by atoms with Gasteiger partial charge in [-0.2, -0.15) is 13.2 Å². The molecule has 0 unspecified atom stereocenters. The molecule has 1 N–H and O–H groups in total. The second-order valence-electron chi connectivity index (χ2n) is 3.09. The number of hydrogen-bond donors (Lipinski definition) is 1. The first-order valence-corrected chi connectivity index (χ1v) is 4.65. The Morgan fingerprint density at radius 2 is 1.65 bits per heavy atom. The summed E-state index contributed by atoms with van der Waals surface area (Å²) in [4.78, 5) is 10.5. The molecule has 2 nitrogen and oxygen atoms in total. The van der Waals surface area contributed by atoms with Crippen LogP contribution in [0.1, 0.15) is 12.0 Å². The number of phenolic OH excluding ortho intramolecular Hbond substituents is 1. The Hall–Kier alpha value is -1.59. The summed E-state index contributed by atoms with van der Waals surface area (Å²) in [7, 11) is 0.500. The number of rotatable bonds is 3. The monoisotopic (exact) mass is 252 g/mol. The standard InChI is InChI=1S/C10H9F3O2.CH3F/c11-10(12,13)9(15)6-3-7-1-4-8(14)5-2-7;1-2/h1-2,4-5,14H,3,6H2;1H3. The van der Waals surface area contributed by atoms with E-state index in [1.54, 1.807) is 0 Å². The number of aryl methyl sites for hydroxylation is 1. The minimum absolute atomic E-state index is 0.0264. The van der Waals surface area contributed by atoms with Crippen molar-refractivity contribution in [2.24, 2.45) is 0 Å². The van der Waals surface area contributed by atoms with E-state index in [4.69, 9.17) is 5.11 Å². The Bertz CT molecular complexity index is 343. The van der Waals surface area contributed by atoms with Gasteiger partial charge in [-0.1, -0.05) is 12.1 Å². The molecule has 0 saturated carbocycles. The van der Waals surface area contributed by atoms with Gasteiger partial charge >= 0.3 is 6.18 Å². The fourth-order valence-electron chi connectivity index (χ4n) is 1.06. The molecule has 0 atom stereocenters. The fraction of sp³-hybridized carbons (Fsp3) is 0.364. The molecule has 0 bridgehead atoms. The van der Waals surface area contributed by atoms with Crippen molar-refractivity contribution in [3.05, 3.63) is 29.8 Å². The Morgan fingerprint density at radius 3 is 2.06 bits per heavy atom. The van der Waals surface area contributed by atoms with E-state index >= 15 is 0 Å². The maximum Gasteiger partial charge on any atom is 0.449 e. The van der Waals surface area contributed by atoms with E-state index < -0.39 is 18.4 Å². The normalized spacial score (nSPS) is 10.4. The van der Waals surface area contributed by atoms with Crippen molar-refractivity contribution in [1.29, 1.82) is 0 Å². The molecule has 0 radical (unpaired) electrons. The highest BCUT2D eigenvalue weighted by molar-refractivity contribution is 5.84. The van der Waals surface area contributed by atoms with E-state index in [-0.39, 0.29) is 12.2 Å². The van der Waals surface area contributed by atoms with Gasteiger partial charge in [-0.25, -0.2) is 0 Å². The molecule has 0 saturated heterocycles. The quantitative estimate of drug-likeness (QED) is 0.839. The summed E-state index contributed by atoms with van der Waals surface area (Å²) in [5.41, 5.74) is 0.588. The van der Waals surface area contributed by atoms with E-state index in [1.807, 2.05) is 0 Å². The predicted octanol–water partition coefficient (Wildman–Crippen LogP) is 3.04. The highest BCUT2D eigenvalue weighted by Gasteiger charge is 2.37. The number of alkyl halides is 4. The second kappa shape index (κ2) is 6.88. The zero-order valence-electron chi connectivity index (χ0n) is 9.09. The van der Waals surface area contributed by atoms with Crippen LogP contribution < -0.4 is 0 Å². The van der Waals surface area contributed by atoms with Gasteiger partial charge in [-0.15, -0.1) is 0 Å². The van der Waals surface area contributed by atoms with Gasteiger partial charge in [0.1, 0.15) is 5.75 Å². The van der Waals surface area contributed by atoms with Crippen molar-refractivity contribution in [1.82, 2.24) is 0 Å². The van der Waals surface area contributed by atoms with Gasteiger partial charge in [-0.05, 0) is 24.1 Å². The highest BCUT2D eigenvalue weighted by atomic mass is 19.4. The molecule has 0 aliphatic heterocycles. The van der Waals surface area contributed by atoms with E-state index in [1.165, 1.54) is 24.3 Å². The van der Waals surface area contributed by atoms with Crippen molar-refractivity contribution in [3.8, 4) is 5.75 Å². The van der Waals surface area contributed by atoms with E-state index in [0.29, 0.717) is 12.7 Å². The zero-order chi connectivity index (χ0) is 13.5. The summed E-state index contributed by atoms with van der Waals surface area (Å²) >= 11 is 0. The number of carbonyl (C=O) groups is 1. The third-order valence-electron chi connectivity index (χ3n) is 1.89. The molecule has 0 aliphatic carbocycles. The van der Waals surface area contributed by atoms with Gasteiger partial charge in [0.05, 0.1) is 7.18 Å².